The van der Waals surface area contributed by atoms with Crippen LogP contribution in [0.3, 0.4) is 0 Å². The number of rotatable bonds is 2. The number of aromatic nitrogens is 4. The lowest BCUT2D eigenvalue weighted by Gasteiger charge is -2.05. The summed E-state index contributed by atoms with van der Waals surface area (Å²) < 4.78 is 1.72. The maximum absolute atomic E-state index is 5.90. The summed E-state index contributed by atoms with van der Waals surface area (Å²) >= 11 is 5.90. The highest BCUT2D eigenvalue weighted by atomic mass is 35.5. The molecule has 2 aromatic heterocycles. The number of hydrogen-bond acceptors (Lipinski definition) is 3. The zero-order valence-electron chi connectivity index (χ0n) is 8.92. The van der Waals surface area contributed by atoms with Crippen LogP contribution in [0.4, 0.5) is 0 Å². The number of benzene rings is 1. The first-order valence-corrected chi connectivity index (χ1v) is 5.74. The minimum Gasteiger partial charge on any atom is -0.237 e. The van der Waals surface area contributed by atoms with E-state index in [0.29, 0.717) is 5.88 Å². The number of fused-ring (bicyclic) bond motifs is 1. The maximum Gasteiger partial charge on any atom is 0.160 e. The molecule has 0 fully saturated rings. The van der Waals surface area contributed by atoms with Crippen molar-refractivity contribution in [3.05, 3.63) is 48.2 Å². The summed E-state index contributed by atoms with van der Waals surface area (Å²) in [6, 6.07) is 11.6. The third-order valence-corrected chi connectivity index (χ3v) is 2.85. The van der Waals surface area contributed by atoms with Crippen LogP contribution in [0.25, 0.3) is 16.9 Å². The van der Waals surface area contributed by atoms with E-state index in [1.807, 2.05) is 36.4 Å². The van der Waals surface area contributed by atoms with Gasteiger partial charge in [-0.2, -0.15) is 4.68 Å². The van der Waals surface area contributed by atoms with E-state index in [1.165, 1.54) is 0 Å². The average molecular weight is 245 g/mol. The normalized spacial score (nSPS) is 10.9. The molecule has 0 saturated heterocycles. The summed E-state index contributed by atoms with van der Waals surface area (Å²) in [5.41, 5.74) is 2.71. The van der Waals surface area contributed by atoms with Crippen molar-refractivity contribution < 1.29 is 0 Å². The molecular formula is C12H9ClN4. The molecule has 0 aliphatic carbocycles. The van der Waals surface area contributed by atoms with Crippen molar-refractivity contribution in [3.8, 4) is 5.82 Å². The number of hydrogen-bond donors (Lipinski definition) is 0. The fraction of sp³-hybridized carbons (Fsp3) is 0.0833. The highest BCUT2D eigenvalue weighted by Gasteiger charge is 2.10. The van der Waals surface area contributed by atoms with E-state index < -0.39 is 0 Å². The van der Waals surface area contributed by atoms with E-state index in [9.17, 15) is 0 Å². The van der Waals surface area contributed by atoms with Crippen LogP contribution in [0.5, 0.6) is 0 Å². The Morgan fingerprint density at radius 1 is 1.12 bits per heavy atom. The van der Waals surface area contributed by atoms with Gasteiger partial charge in [-0.25, -0.2) is 4.98 Å². The molecule has 0 aliphatic heterocycles. The molecule has 5 heteroatoms. The van der Waals surface area contributed by atoms with E-state index in [1.54, 1.807) is 10.9 Å². The van der Waals surface area contributed by atoms with Gasteiger partial charge in [-0.15, -0.1) is 16.7 Å². The first-order valence-electron chi connectivity index (χ1n) is 5.21. The standard InChI is InChI=1S/C12H9ClN4/c13-8-9-4-3-7-14-12(9)17-11-6-2-1-5-10(11)15-16-17/h1-7H,8H2. The van der Waals surface area contributed by atoms with Crippen molar-refractivity contribution in [2.24, 2.45) is 0 Å². The van der Waals surface area contributed by atoms with Gasteiger partial charge < -0.3 is 0 Å². The molecule has 17 heavy (non-hydrogen) atoms. The lowest BCUT2D eigenvalue weighted by atomic mass is 10.2. The molecule has 3 aromatic rings. The molecule has 0 amide bonds. The van der Waals surface area contributed by atoms with E-state index in [0.717, 1.165) is 22.4 Å². The molecule has 0 aliphatic rings. The summed E-state index contributed by atoms with van der Waals surface area (Å²) in [5.74, 6) is 1.13. The Hall–Kier alpha value is -1.94. The largest absolute Gasteiger partial charge is 0.237 e. The van der Waals surface area contributed by atoms with Gasteiger partial charge in [-0.3, -0.25) is 0 Å². The summed E-state index contributed by atoms with van der Waals surface area (Å²) in [6.45, 7) is 0. The molecule has 84 valence electrons. The first kappa shape index (κ1) is 10.2. The lowest BCUT2D eigenvalue weighted by molar-refractivity contribution is 0.794. The molecule has 0 bridgehead atoms. The van der Waals surface area contributed by atoms with Crippen LogP contribution in [-0.2, 0) is 5.88 Å². The van der Waals surface area contributed by atoms with Crippen molar-refractivity contribution in [2.75, 3.05) is 0 Å². The molecule has 0 saturated carbocycles. The van der Waals surface area contributed by atoms with Crippen LogP contribution in [0, 0.1) is 0 Å². The van der Waals surface area contributed by atoms with E-state index in [4.69, 9.17) is 11.6 Å². The Balaban J connectivity index is 2.27. The molecule has 0 atom stereocenters. The molecular weight excluding hydrogens is 236 g/mol. The molecule has 2 heterocycles. The zero-order chi connectivity index (χ0) is 11.7. The minimum absolute atomic E-state index is 0.400. The average Bonchev–Trinajstić information content (AvgIpc) is 2.82. The van der Waals surface area contributed by atoms with Gasteiger partial charge in [-0.05, 0) is 18.2 Å². The van der Waals surface area contributed by atoms with Gasteiger partial charge >= 0.3 is 0 Å². The topological polar surface area (TPSA) is 43.6 Å². The number of alkyl halides is 1. The predicted molar refractivity (Wildman–Crippen MR) is 66.2 cm³/mol. The van der Waals surface area contributed by atoms with Gasteiger partial charge in [0.05, 0.1) is 11.4 Å². The Morgan fingerprint density at radius 3 is 2.88 bits per heavy atom. The van der Waals surface area contributed by atoms with Crippen LogP contribution >= 0.6 is 11.6 Å². The van der Waals surface area contributed by atoms with E-state index in [-0.39, 0.29) is 0 Å². The van der Waals surface area contributed by atoms with Crippen LogP contribution in [-0.4, -0.2) is 20.0 Å². The van der Waals surface area contributed by atoms with E-state index >= 15 is 0 Å². The van der Waals surface area contributed by atoms with Crippen LogP contribution in [0.1, 0.15) is 5.56 Å². The van der Waals surface area contributed by atoms with Gasteiger partial charge in [0.15, 0.2) is 5.82 Å². The van der Waals surface area contributed by atoms with Gasteiger partial charge in [0, 0.05) is 11.8 Å². The fourth-order valence-electron chi connectivity index (χ4n) is 1.75. The van der Waals surface area contributed by atoms with Crippen LogP contribution < -0.4 is 0 Å². The minimum atomic E-state index is 0.400. The number of pyridine rings is 1. The number of halogens is 1. The summed E-state index contributed by atoms with van der Waals surface area (Å²) in [7, 11) is 0. The Labute approximate surface area is 103 Å². The fourth-order valence-corrected chi connectivity index (χ4v) is 1.96. The summed E-state index contributed by atoms with van der Waals surface area (Å²) in [5, 5.41) is 8.22. The smallest absolute Gasteiger partial charge is 0.160 e. The molecule has 3 rings (SSSR count). The van der Waals surface area contributed by atoms with Gasteiger partial charge in [0.25, 0.3) is 0 Å². The summed E-state index contributed by atoms with van der Waals surface area (Å²) in [4.78, 5) is 4.32. The molecule has 0 N–H and O–H groups in total. The number of para-hydroxylation sites is 1. The van der Waals surface area contributed by atoms with Crippen molar-refractivity contribution in [1.82, 2.24) is 20.0 Å². The van der Waals surface area contributed by atoms with Crippen LogP contribution in [0.2, 0.25) is 0 Å². The van der Waals surface area contributed by atoms with Gasteiger partial charge in [0.1, 0.15) is 5.52 Å². The predicted octanol–water partition coefficient (Wildman–Crippen LogP) is 2.55. The molecule has 0 unspecified atom stereocenters. The zero-order valence-corrected chi connectivity index (χ0v) is 9.67. The van der Waals surface area contributed by atoms with Gasteiger partial charge in [0.2, 0.25) is 0 Å². The molecule has 0 radical (unpaired) electrons. The second-order valence-corrected chi connectivity index (χ2v) is 3.88. The Bertz CT molecular complexity index is 662. The van der Waals surface area contributed by atoms with Gasteiger partial charge in [-0.1, -0.05) is 23.4 Å². The number of nitrogens with zero attached hydrogens (tertiary/aromatic N) is 4. The third kappa shape index (κ3) is 1.66. The first-order chi connectivity index (χ1) is 8.40. The van der Waals surface area contributed by atoms with Crippen molar-refractivity contribution >= 4 is 22.6 Å². The van der Waals surface area contributed by atoms with Crippen molar-refractivity contribution in [1.29, 1.82) is 0 Å². The second-order valence-electron chi connectivity index (χ2n) is 3.61. The SMILES string of the molecule is ClCc1cccnc1-n1nnc2ccccc21. The Kier molecular flexibility index (Phi) is 2.49. The monoisotopic (exact) mass is 244 g/mol. The molecule has 0 spiro atoms. The third-order valence-electron chi connectivity index (χ3n) is 2.56. The highest BCUT2D eigenvalue weighted by molar-refractivity contribution is 6.17. The van der Waals surface area contributed by atoms with Crippen LogP contribution in [0.15, 0.2) is 42.6 Å². The molecule has 4 nitrogen and oxygen atoms in total. The maximum atomic E-state index is 5.90. The highest BCUT2D eigenvalue weighted by Crippen LogP contribution is 2.18. The lowest BCUT2D eigenvalue weighted by Crippen LogP contribution is -2.03. The Morgan fingerprint density at radius 2 is 2.00 bits per heavy atom. The van der Waals surface area contributed by atoms with E-state index in [2.05, 4.69) is 15.3 Å². The van der Waals surface area contributed by atoms with Crippen molar-refractivity contribution in [3.63, 3.8) is 0 Å². The van der Waals surface area contributed by atoms with Crippen molar-refractivity contribution in [2.45, 2.75) is 5.88 Å². The molecule has 1 aromatic carbocycles. The quantitative estimate of drug-likeness (QED) is 0.651. The second kappa shape index (κ2) is 4.14. The summed E-state index contributed by atoms with van der Waals surface area (Å²) in [6.07, 6.45) is 1.72.